The van der Waals surface area contributed by atoms with Crippen LogP contribution in [0.3, 0.4) is 0 Å². The number of benzene rings is 3. The molecule has 52 heavy (non-hydrogen) atoms. The average molecular weight is 767 g/mol. The van der Waals surface area contributed by atoms with Gasteiger partial charge in [-0.25, -0.2) is 0 Å². The van der Waals surface area contributed by atoms with Gasteiger partial charge in [0.05, 0.1) is 0 Å². The van der Waals surface area contributed by atoms with Crippen LogP contribution in [0.15, 0.2) is 119 Å². The molecule has 3 aliphatic carbocycles. The first-order chi connectivity index (χ1) is 24.4. The van der Waals surface area contributed by atoms with Crippen LogP contribution in [-0.2, 0) is 28.2 Å². The maximum atomic E-state index is 2.66. The van der Waals surface area contributed by atoms with Crippen molar-refractivity contribution in [1.82, 2.24) is 0 Å². The van der Waals surface area contributed by atoms with Crippen LogP contribution in [0, 0.1) is 28.6 Å². The van der Waals surface area contributed by atoms with E-state index < -0.39 is 22.8 Å². The Kier molecular flexibility index (Phi) is 10.8. The number of hydrogen-bond acceptors (Lipinski definition) is 0. The number of rotatable bonds is 8. The molecule has 3 aromatic carbocycles. The summed E-state index contributed by atoms with van der Waals surface area (Å²) in [6, 6.07) is 28.0. The van der Waals surface area contributed by atoms with E-state index in [4.69, 9.17) is 0 Å². The molecular weight excluding hydrogens is 704 g/mol. The molecular formula is C51H63Zr. The zero-order valence-electron chi connectivity index (χ0n) is 34.7. The van der Waals surface area contributed by atoms with E-state index >= 15 is 0 Å². The van der Waals surface area contributed by atoms with Gasteiger partial charge in [0, 0.05) is 0 Å². The van der Waals surface area contributed by atoms with Crippen LogP contribution in [0.1, 0.15) is 132 Å². The molecule has 0 heterocycles. The Balaban J connectivity index is 2.00. The fourth-order valence-corrected chi connectivity index (χ4v) is 13.9. The third-order valence-corrected chi connectivity index (χ3v) is 15.9. The average Bonchev–Trinajstić information content (AvgIpc) is 3.72. The standard InChI is InChI=1S/C38H53.C13H10.Zr/c1-22(2)29-21-28(36(9,10)11)19-27-20-30-33(32(27)29)31(23(3)4)34(24(5)6)38(25(7)8,37(12,13)14)35(30)26-17-15-16-18-26;1-3-7-12(8-4-1)11-13-9-5-2-6-10-13;/h15-17,19,21-25H,18H2,1-14H3;1-10H;. The van der Waals surface area contributed by atoms with Gasteiger partial charge in [-0.1, -0.05) is 0 Å². The molecule has 0 N–H and O–H groups in total. The van der Waals surface area contributed by atoms with Gasteiger partial charge in [0.1, 0.15) is 0 Å². The molecule has 1 atom stereocenters. The van der Waals surface area contributed by atoms with E-state index in [0.717, 1.165) is 6.42 Å². The summed E-state index contributed by atoms with van der Waals surface area (Å²) in [5.74, 6) is 1.64. The summed E-state index contributed by atoms with van der Waals surface area (Å²) < 4.78 is 3.25. The zero-order chi connectivity index (χ0) is 37.9. The summed E-state index contributed by atoms with van der Waals surface area (Å²) in [6.45, 7) is 34.7. The minimum atomic E-state index is -1.47. The Hall–Kier alpha value is -2.89. The van der Waals surface area contributed by atoms with Crippen LogP contribution in [0.25, 0.3) is 8.85 Å². The Morgan fingerprint density at radius 1 is 0.692 bits per heavy atom. The van der Waals surface area contributed by atoms with Crippen molar-refractivity contribution in [2.45, 2.75) is 115 Å². The van der Waals surface area contributed by atoms with Crippen LogP contribution in [-0.4, -0.2) is 3.21 Å². The van der Waals surface area contributed by atoms with Crippen LogP contribution < -0.4 is 10.4 Å². The summed E-state index contributed by atoms with van der Waals surface area (Å²) in [4.78, 5) is 0. The second-order valence-corrected chi connectivity index (χ2v) is 21.9. The van der Waals surface area contributed by atoms with Crippen LogP contribution in [0.2, 0.25) is 0 Å². The first-order valence-corrected chi connectivity index (χ1v) is 22.4. The van der Waals surface area contributed by atoms with Gasteiger partial charge in [-0.3, -0.25) is 0 Å². The summed E-state index contributed by atoms with van der Waals surface area (Å²) in [7, 11) is 0. The van der Waals surface area contributed by atoms with E-state index in [-0.39, 0.29) is 16.2 Å². The molecule has 0 saturated heterocycles. The van der Waals surface area contributed by atoms with Crippen molar-refractivity contribution >= 4 is 12.1 Å². The maximum absolute atomic E-state index is 2.66. The van der Waals surface area contributed by atoms with Gasteiger partial charge in [-0.05, 0) is 0 Å². The van der Waals surface area contributed by atoms with Crippen LogP contribution in [0.4, 0.5) is 0 Å². The molecule has 1 unspecified atom stereocenters. The molecule has 271 valence electrons. The molecule has 6 rings (SSSR count). The zero-order valence-corrected chi connectivity index (χ0v) is 37.1. The number of hydrogen-bond donors (Lipinski definition) is 0. The molecule has 3 aliphatic rings. The van der Waals surface area contributed by atoms with E-state index in [2.05, 4.69) is 188 Å². The van der Waals surface area contributed by atoms with Gasteiger partial charge in [-0.2, -0.15) is 0 Å². The van der Waals surface area contributed by atoms with E-state index in [0.29, 0.717) is 23.7 Å². The number of fused-ring (bicyclic) bond motifs is 2. The van der Waals surface area contributed by atoms with Crippen LogP contribution >= 0.6 is 0 Å². The second kappa shape index (κ2) is 14.4. The van der Waals surface area contributed by atoms with Crippen molar-refractivity contribution in [2.75, 3.05) is 0 Å². The quantitative estimate of drug-likeness (QED) is 0.214. The molecule has 0 radical (unpaired) electrons. The summed E-state index contributed by atoms with van der Waals surface area (Å²) in [5, 5.41) is 3.09. The molecule has 0 amide bonds. The Morgan fingerprint density at radius 2 is 1.27 bits per heavy atom. The molecule has 0 fully saturated rings. The van der Waals surface area contributed by atoms with Gasteiger partial charge in [0.15, 0.2) is 0 Å². The van der Waals surface area contributed by atoms with E-state index in [9.17, 15) is 0 Å². The normalized spacial score (nSPS) is 19.0. The SMILES string of the molecule is CC(C)C1=C(C(C)C)C(C(C)C)(C(C)(C)C)C(C2=CC=CC2)=C2[C]([Zr]=[C](c3ccccc3)c3ccccc3)=c3cc(C(C)(C)C)cc(C(C)C)c3=C21. The molecule has 0 nitrogen and oxygen atoms in total. The van der Waals surface area contributed by atoms with Crippen molar-refractivity contribution in [3.8, 4) is 0 Å². The topological polar surface area (TPSA) is 0 Å². The summed E-state index contributed by atoms with van der Waals surface area (Å²) >= 11 is -1.47. The first kappa shape index (κ1) is 38.8. The van der Waals surface area contributed by atoms with Crippen molar-refractivity contribution < 1.29 is 22.8 Å². The van der Waals surface area contributed by atoms with Crippen molar-refractivity contribution in [3.05, 3.63) is 152 Å². The molecule has 0 saturated carbocycles. The second-order valence-electron chi connectivity index (χ2n) is 18.8. The van der Waals surface area contributed by atoms with Crippen molar-refractivity contribution in [2.24, 2.45) is 28.6 Å². The molecule has 3 aromatic rings. The van der Waals surface area contributed by atoms with Crippen molar-refractivity contribution in [3.63, 3.8) is 0 Å². The molecule has 1 heteroatoms. The third kappa shape index (κ3) is 6.40. The Morgan fingerprint density at radius 3 is 1.69 bits per heavy atom. The van der Waals surface area contributed by atoms with Gasteiger partial charge >= 0.3 is 330 Å². The van der Waals surface area contributed by atoms with Crippen LogP contribution in [0.5, 0.6) is 0 Å². The fraction of sp³-hybridized carbons (Fsp3) is 0.431. The molecule has 0 aliphatic heterocycles. The molecule has 0 spiro atoms. The van der Waals surface area contributed by atoms with E-state index in [1.54, 1.807) is 39.6 Å². The van der Waals surface area contributed by atoms with E-state index in [1.807, 2.05) is 0 Å². The Bertz CT molecular complexity index is 2100. The van der Waals surface area contributed by atoms with Gasteiger partial charge in [0.25, 0.3) is 0 Å². The van der Waals surface area contributed by atoms with Crippen molar-refractivity contribution in [1.29, 1.82) is 0 Å². The minimum absolute atomic E-state index is 0.00796. The molecule has 0 aromatic heterocycles. The summed E-state index contributed by atoms with van der Waals surface area (Å²) in [5.41, 5.74) is 15.3. The van der Waals surface area contributed by atoms with Gasteiger partial charge in [-0.15, -0.1) is 0 Å². The molecule has 0 bridgehead atoms. The third-order valence-electron chi connectivity index (χ3n) is 12.0. The predicted octanol–water partition coefficient (Wildman–Crippen LogP) is 12.2. The Labute approximate surface area is 327 Å². The first-order valence-electron chi connectivity index (χ1n) is 20.0. The monoisotopic (exact) mass is 765 g/mol. The number of allylic oxidation sites excluding steroid dienone is 8. The van der Waals surface area contributed by atoms with E-state index in [1.165, 1.54) is 33.0 Å². The van der Waals surface area contributed by atoms with Gasteiger partial charge < -0.3 is 0 Å². The van der Waals surface area contributed by atoms with Gasteiger partial charge in [0.2, 0.25) is 0 Å². The summed E-state index contributed by atoms with van der Waals surface area (Å²) in [6.07, 6.45) is 8.22. The fourth-order valence-electron chi connectivity index (χ4n) is 10.0. The predicted molar refractivity (Wildman–Crippen MR) is 224 cm³/mol.